The number of ether oxygens (including phenoxy) is 2. The van der Waals surface area contributed by atoms with Gasteiger partial charge in [0, 0.05) is 0 Å². The number of hydrogen-bond donors (Lipinski definition) is 3. The largest absolute Gasteiger partial charge is 0.460 e. The second kappa shape index (κ2) is 10.4. The van der Waals surface area contributed by atoms with E-state index in [0.29, 0.717) is 0 Å². The molecule has 3 N–H and O–H groups in total. The Bertz CT molecular complexity index is 933. The Labute approximate surface area is 179 Å². The SMILES string of the molecule is CC(NC(=O)c1nc[nH]c1C(=O)NCC(=O)OCc1ccccc1)C(=O)OC(C)(C)C. The molecule has 0 bridgehead atoms. The second-order valence-corrected chi connectivity index (χ2v) is 7.68. The van der Waals surface area contributed by atoms with Crippen molar-refractivity contribution in [1.29, 1.82) is 0 Å². The summed E-state index contributed by atoms with van der Waals surface area (Å²) in [5.74, 6) is -2.72. The molecule has 0 spiro atoms. The number of hydrogen-bond acceptors (Lipinski definition) is 7. The monoisotopic (exact) mass is 430 g/mol. The molecule has 1 aromatic heterocycles. The Morgan fingerprint density at radius 2 is 1.77 bits per heavy atom. The summed E-state index contributed by atoms with van der Waals surface area (Å²) < 4.78 is 10.3. The average Bonchev–Trinajstić information content (AvgIpc) is 3.20. The molecule has 0 aliphatic heterocycles. The first kappa shape index (κ1) is 23.6. The molecule has 0 saturated heterocycles. The highest BCUT2D eigenvalue weighted by Gasteiger charge is 2.26. The zero-order valence-electron chi connectivity index (χ0n) is 17.9. The van der Waals surface area contributed by atoms with E-state index >= 15 is 0 Å². The van der Waals surface area contributed by atoms with E-state index < -0.39 is 35.4 Å². The molecule has 0 radical (unpaired) electrons. The number of amides is 2. The van der Waals surface area contributed by atoms with E-state index in [1.54, 1.807) is 32.9 Å². The summed E-state index contributed by atoms with van der Waals surface area (Å²) in [6.45, 7) is 6.28. The lowest BCUT2D eigenvalue weighted by atomic mass is 10.2. The summed E-state index contributed by atoms with van der Waals surface area (Å²) in [5.41, 5.74) is -0.258. The number of aromatic nitrogens is 2. The number of rotatable bonds is 8. The van der Waals surface area contributed by atoms with Crippen LogP contribution in [0.4, 0.5) is 0 Å². The zero-order chi connectivity index (χ0) is 23.0. The minimum absolute atomic E-state index is 0.0792. The molecular weight excluding hydrogens is 404 g/mol. The Morgan fingerprint density at radius 1 is 1.10 bits per heavy atom. The summed E-state index contributed by atoms with van der Waals surface area (Å²) in [5, 5.41) is 4.80. The summed E-state index contributed by atoms with van der Waals surface area (Å²) in [6.07, 6.45) is 1.16. The van der Waals surface area contributed by atoms with Gasteiger partial charge in [0.2, 0.25) is 0 Å². The van der Waals surface area contributed by atoms with Gasteiger partial charge >= 0.3 is 11.9 Å². The number of carbonyl (C=O) groups is 4. The van der Waals surface area contributed by atoms with Crippen LogP contribution in [-0.4, -0.2) is 51.9 Å². The molecule has 2 rings (SSSR count). The van der Waals surface area contributed by atoms with Crippen LogP contribution in [0.2, 0.25) is 0 Å². The van der Waals surface area contributed by atoms with E-state index in [2.05, 4.69) is 20.6 Å². The van der Waals surface area contributed by atoms with Crippen LogP contribution in [0.25, 0.3) is 0 Å². The standard InChI is InChI=1S/C21H26N4O6/c1-13(20(29)31-21(2,3)4)25-19(28)17-16(23-12-24-17)18(27)22-10-15(26)30-11-14-8-6-5-7-9-14/h5-9,12-13H,10-11H2,1-4H3,(H,22,27)(H,23,24)(H,25,28). The normalized spacial score (nSPS) is 11.9. The number of esters is 2. The Kier molecular flexibility index (Phi) is 7.89. The third-order valence-electron chi connectivity index (χ3n) is 3.83. The quantitative estimate of drug-likeness (QED) is 0.537. The van der Waals surface area contributed by atoms with Crippen molar-refractivity contribution in [2.75, 3.05) is 6.54 Å². The lowest BCUT2D eigenvalue weighted by Gasteiger charge is -2.22. The number of benzene rings is 1. The number of nitrogens with zero attached hydrogens (tertiary/aromatic N) is 1. The van der Waals surface area contributed by atoms with Crippen molar-refractivity contribution in [2.24, 2.45) is 0 Å². The predicted octanol–water partition coefficient (Wildman–Crippen LogP) is 1.34. The molecule has 10 nitrogen and oxygen atoms in total. The minimum Gasteiger partial charge on any atom is -0.460 e. The molecule has 1 unspecified atom stereocenters. The van der Waals surface area contributed by atoms with Crippen LogP contribution in [0.15, 0.2) is 36.7 Å². The van der Waals surface area contributed by atoms with Crippen LogP contribution in [0.3, 0.4) is 0 Å². The van der Waals surface area contributed by atoms with Crippen LogP contribution in [-0.2, 0) is 25.7 Å². The van der Waals surface area contributed by atoms with Crippen LogP contribution in [0, 0.1) is 0 Å². The molecule has 10 heteroatoms. The van der Waals surface area contributed by atoms with E-state index in [1.807, 2.05) is 18.2 Å². The van der Waals surface area contributed by atoms with Gasteiger partial charge in [-0.2, -0.15) is 0 Å². The van der Waals surface area contributed by atoms with E-state index in [9.17, 15) is 19.2 Å². The van der Waals surface area contributed by atoms with Gasteiger partial charge in [0.25, 0.3) is 11.8 Å². The van der Waals surface area contributed by atoms with Gasteiger partial charge in [0.05, 0.1) is 6.33 Å². The van der Waals surface area contributed by atoms with Gasteiger partial charge in [-0.05, 0) is 33.3 Å². The molecule has 0 aliphatic carbocycles. The third kappa shape index (κ3) is 7.57. The average molecular weight is 430 g/mol. The lowest BCUT2D eigenvalue weighted by Crippen LogP contribution is -2.43. The predicted molar refractivity (Wildman–Crippen MR) is 110 cm³/mol. The van der Waals surface area contributed by atoms with Crippen LogP contribution >= 0.6 is 0 Å². The topological polar surface area (TPSA) is 139 Å². The van der Waals surface area contributed by atoms with Crippen LogP contribution in [0.5, 0.6) is 0 Å². The van der Waals surface area contributed by atoms with Crippen LogP contribution in [0.1, 0.15) is 54.2 Å². The molecular formula is C21H26N4O6. The van der Waals surface area contributed by atoms with Crippen molar-refractivity contribution in [3.05, 3.63) is 53.6 Å². The smallest absolute Gasteiger partial charge is 0.328 e. The van der Waals surface area contributed by atoms with Gasteiger partial charge in [-0.3, -0.25) is 14.4 Å². The summed E-state index contributed by atoms with van der Waals surface area (Å²) in [7, 11) is 0. The molecule has 0 fully saturated rings. The van der Waals surface area contributed by atoms with Crippen molar-refractivity contribution in [3.8, 4) is 0 Å². The lowest BCUT2D eigenvalue weighted by molar-refractivity contribution is -0.156. The number of carbonyl (C=O) groups excluding carboxylic acids is 4. The fraction of sp³-hybridized carbons (Fsp3) is 0.381. The molecule has 31 heavy (non-hydrogen) atoms. The Morgan fingerprint density at radius 3 is 2.42 bits per heavy atom. The molecule has 1 heterocycles. The highest BCUT2D eigenvalue weighted by Crippen LogP contribution is 2.09. The first-order chi connectivity index (χ1) is 14.6. The first-order valence-electron chi connectivity index (χ1n) is 9.61. The maximum atomic E-state index is 12.4. The molecule has 2 aromatic rings. The van der Waals surface area contributed by atoms with Crippen molar-refractivity contribution < 1.29 is 28.7 Å². The molecule has 0 saturated carbocycles. The Balaban J connectivity index is 1.88. The van der Waals surface area contributed by atoms with Crippen LogP contribution < -0.4 is 10.6 Å². The van der Waals surface area contributed by atoms with Crippen molar-refractivity contribution in [3.63, 3.8) is 0 Å². The van der Waals surface area contributed by atoms with Gasteiger partial charge in [0.1, 0.15) is 30.5 Å². The minimum atomic E-state index is -0.952. The highest BCUT2D eigenvalue weighted by atomic mass is 16.6. The van der Waals surface area contributed by atoms with E-state index in [1.165, 1.54) is 6.92 Å². The third-order valence-corrected chi connectivity index (χ3v) is 3.83. The fourth-order valence-corrected chi connectivity index (χ4v) is 2.38. The van der Waals surface area contributed by atoms with Gasteiger partial charge in [-0.15, -0.1) is 0 Å². The summed E-state index contributed by atoms with van der Waals surface area (Å²) >= 11 is 0. The number of imidazole rings is 1. The highest BCUT2D eigenvalue weighted by molar-refractivity contribution is 6.06. The number of aromatic amines is 1. The maximum absolute atomic E-state index is 12.4. The molecule has 0 aliphatic rings. The van der Waals surface area contributed by atoms with Gasteiger partial charge in [-0.1, -0.05) is 30.3 Å². The van der Waals surface area contributed by atoms with Gasteiger partial charge in [-0.25, -0.2) is 9.78 Å². The summed E-state index contributed by atoms with van der Waals surface area (Å²) in [6, 6.07) is 8.14. The van der Waals surface area contributed by atoms with Crippen molar-refractivity contribution in [1.82, 2.24) is 20.6 Å². The molecule has 2 amide bonds. The number of H-pyrrole nitrogens is 1. The van der Waals surface area contributed by atoms with Crippen molar-refractivity contribution >= 4 is 23.8 Å². The van der Waals surface area contributed by atoms with Gasteiger partial charge < -0.3 is 25.1 Å². The van der Waals surface area contributed by atoms with E-state index in [4.69, 9.17) is 9.47 Å². The number of nitrogens with one attached hydrogen (secondary N) is 3. The zero-order valence-corrected chi connectivity index (χ0v) is 17.9. The van der Waals surface area contributed by atoms with E-state index in [-0.39, 0.29) is 24.5 Å². The van der Waals surface area contributed by atoms with Gasteiger partial charge in [0.15, 0.2) is 5.69 Å². The second-order valence-electron chi connectivity index (χ2n) is 7.68. The van der Waals surface area contributed by atoms with E-state index in [0.717, 1.165) is 11.9 Å². The van der Waals surface area contributed by atoms with Crippen molar-refractivity contribution in [2.45, 2.75) is 45.9 Å². The molecule has 1 aromatic carbocycles. The molecule has 1 atom stereocenters. The molecule has 166 valence electrons. The Hall–Kier alpha value is -3.69. The first-order valence-corrected chi connectivity index (χ1v) is 9.61. The maximum Gasteiger partial charge on any atom is 0.328 e. The fourth-order valence-electron chi connectivity index (χ4n) is 2.38. The summed E-state index contributed by atoms with van der Waals surface area (Å²) in [4.78, 5) is 55.1.